The van der Waals surface area contributed by atoms with Crippen LogP contribution in [0.25, 0.3) is 0 Å². The van der Waals surface area contributed by atoms with Crippen LogP contribution in [0.1, 0.15) is 27.7 Å². The quantitative estimate of drug-likeness (QED) is 0.325. The Bertz CT molecular complexity index is 860. The molecule has 3 saturated heterocycles. The number of carbonyl (C=O) groups excluding carboxylic acids is 6. The van der Waals surface area contributed by atoms with E-state index in [0.717, 1.165) is 27.7 Å². The van der Waals surface area contributed by atoms with Crippen LogP contribution in [0.3, 0.4) is 0 Å². The van der Waals surface area contributed by atoms with Crippen LogP contribution in [-0.2, 0) is 19.2 Å². The lowest BCUT2D eigenvalue weighted by molar-refractivity contribution is -0.732. The molecule has 0 aromatic carbocycles. The van der Waals surface area contributed by atoms with Gasteiger partial charge in [0, 0.05) is 27.7 Å². The van der Waals surface area contributed by atoms with Crippen LogP contribution in [0, 0.1) is 20.2 Å². The number of carbonyl (C=O) groups is 6. The Kier molecular flexibility index (Phi) is 4.95. The van der Waals surface area contributed by atoms with E-state index in [2.05, 4.69) is 0 Å². The van der Waals surface area contributed by atoms with Crippen molar-refractivity contribution in [1.29, 1.82) is 0 Å². The molecule has 0 aromatic heterocycles. The Morgan fingerprint density at radius 2 is 0.781 bits per heavy atom. The third-order valence-corrected chi connectivity index (χ3v) is 5.23. The van der Waals surface area contributed by atoms with Gasteiger partial charge in [0.25, 0.3) is 0 Å². The number of fused-ring (bicyclic) bond motifs is 2. The molecular weight excluding hydrogens is 440 g/mol. The predicted octanol–water partition coefficient (Wildman–Crippen LogP) is -2.05. The highest BCUT2D eigenvalue weighted by Crippen LogP contribution is 2.42. The molecule has 32 heavy (non-hydrogen) atoms. The number of hydrogen-bond donors (Lipinski definition) is 0. The summed E-state index contributed by atoms with van der Waals surface area (Å²) >= 11 is 0. The molecule has 3 fully saturated rings. The van der Waals surface area contributed by atoms with Crippen molar-refractivity contribution in [3.05, 3.63) is 20.2 Å². The number of piperazine rings is 1. The van der Waals surface area contributed by atoms with E-state index in [9.17, 15) is 49.0 Å². The summed E-state index contributed by atoms with van der Waals surface area (Å²) in [6, 6.07) is -2.76. The van der Waals surface area contributed by atoms with Crippen molar-refractivity contribution in [2.24, 2.45) is 0 Å². The first kappa shape index (κ1) is 22.3. The van der Waals surface area contributed by atoms with Crippen molar-refractivity contribution in [1.82, 2.24) is 29.6 Å². The average Bonchev–Trinajstić information content (AvgIpc) is 3.09. The monoisotopic (exact) mass is 456 g/mol. The van der Waals surface area contributed by atoms with Crippen molar-refractivity contribution in [3.63, 3.8) is 0 Å². The molecule has 0 aliphatic carbocycles. The van der Waals surface area contributed by atoms with Crippen LogP contribution in [0.5, 0.6) is 0 Å². The van der Waals surface area contributed by atoms with Gasteiger partial charge in [0.05, 0.1) is 0 Å². The molecule has 3 rings (SSSR count). The molecule has 3 aliphatic rings. The van der Waals surface area contributed by atoms with E-state index >= 15 is 0 Å². The molecule has 8 amide bonds. The van der Waals surface area contributed by atoms with Gasteiger partial charge < -0.3 is 0 Å². The third-order valence-electron chi connectivity index (χ3n) is 5.23. The summed E-state index contributed by atoms with van der Waals surface area (Å²) in [6.45, 7) is 3.35. The minimum absolute atomic E-state index is 0.125. The number of hydrazine groups is 2. The summed E-state index contributed by atoms with van der Waals surface area (Å²) in [7, 11) is 0. The van der Waals surface area contributed by atoms with Gasteiger partial charge in [-0.25, -0.2) is 49.4 Å². The second kappa shape index (κ2) is 7.10. The largest absolute Gasteiger partial charge is 0.337 e. The van der Waals surface area contributed by atoms with Crippen molar-refractivity contribution >= 4 is 35.7 Å². The fourth-order valence-corrected chi connectivity index (χ4v) is 4.22. The maximum atomic E-state index is 12.8. The van der Waals surface area contributed by atoms with Crippen LogP contribution in [0.4, 0.5) is 9.59 Å². The Morgan fingerprint density at radius 3 is 0.906 bits per heavy atom. The molecule has 3 heterocycles. The first-order chi connectivity index (χ1) is 14.7. The first-order valence-electron chi connectivity index (χ1n) is 8.88. The molecular formula is C14H16N8O10. The zero-order chi connectivity index (χ0) is 24.4. The molecule has 3 aliphatic heterocycles. The summed E-state index contributed by atoms with van der Waals surface area (Å²) in [6.07, 6.45) is -8.36. The van der Waals surface area contributed by atoms with Crippen LogP contribution in [0.2, 0.25) is 0 Å². The summed E-state index contributed by atoms with van der Waals surface area (Å²) in [5, 5.41) is 22.0. The van der Waals surface area contributed by atoms with E-state index in [1.807, 2.05) is 0 Å². The van der Waals surface area contributed by atoms with Crippen LogP contribution in [-0.4, -0.2) is 100 Å². The van der Waals surface area contributed by atoms with Crippen LogP contribution < -0.4 is 0 Å². The van der Waals surface area contributed by atoms with Gasteiger partial charge in [0.15, 0.2) is 10.1 Å². The Morgan fingerprint density at radius 1 is 0.594 bits per heavy atom. The standard InChI is InChI=1S/C14H16N8O10/c1-5(23)15-9-10(16(6(2)24)13(15)27)20(22(31)32)12-11(19(9)21(29)30)17(7(3)25)14(28)18(12)8(4)26/h9-12H,1-4H3. The van der Waals surface area contributed by atoms with E-state index in [0.29, 0.717) is 0 Å². The summed E-state index contributed by atoms with van der Waals surface area (Å²) in [5.41, 5.74) is 0. The van der Waals surface area contributed by atoms with E-state index in [-0.39, 0.29) is 29.6 Å². The number of nitro groups is 2. The maximum Gasteiger partial charge on any atom is 0.337 e. The van der Waals surface area contributed by atoms with Crippen LogP contribution in [0.15, 0.2) is 0 Å². The molecule has 172 valence electrons. The van der Waals surface area contributed by atoms with Crippen LogP contribution >= 0.6 is 0 Å². The second-order valence-electron chi connectivity index (χ2n) is 7.01. The average molecular weight is 456 g/mol. The molecule has 18 heteroatoms. The van der Waals surface area contributed by atoms with E-state index in [4.69, 9.17) is 0 Å². The number of amides is 8. The molecule has 0 radical (unpaired) electrons. The van der Waals surface area contributed by atoms with Gasteiger partial charge in [-0.3, -0.25) is 19.2 Å². The highest BCUT2D eigenvalue weighted by atomic mass is 16.7. The number of hydrogen-bond acceptors (Lipinski definition) is 10. The third kappa shape index (κ3) is 2.72. The van der Waals surface area contributed by atoms with Gasteiger partial charge in [-0.2, -0.15) is 0 Å². The van der Waals surface area contributed by atoms with Gasteiger partial charge in [0.2, 0.25) is 48.3 Å². The fourth-order valence-electron chi connectivity index (χ4n) is 4.22. The lowest BCUT2D eigenvalue weighted by Gasteiger charge is -2.44. The molecule has 0 saturated carbocycles. The zero-order valence-corrected chi connectivity index (χ0v) is 17.0. The minimum atomic E-state index is -2.09. The smallest absolute Gasteiger partial charge is 0.275 e. The highest BCUT2D eigenvalue weighted by Gasteiger charge is 2.74. The van der Waals surface area contributed by atoms with Gasteiger partial charge in [-0.15, -0.1) is 0 Å². The molecule has 0 spiro atoms. The Labute approximate surface area is 177 Å². The lowest BCUT2D eigenvalue weighted by atomic mass is 10.1. The Balaban J connectivity index is 2.38. The maximum absolute atomic E-state index is 12.8. The lowest BCUT2D eigenvalue weighted by Crippen LogP contribution is -2.76. The molecule has 0 N–H and O–H groups in total. The zero-order valence-electron chi connectivity index (χ0n) is 17.0. The van der Waals surface area contributed by atoms with Crippen molar-refractivity contribution in [2.75, 3.05) is 0 Å². The highest BCUT2D eigenvalue weighted by molar-refractivity contribution is 6.05. The van der Waals surface area contributed by atoms with Crippen molar-refractivity contribution in [3.8, 4) is 0 Å². The number of rotatable bonds is 2. The first-order valence-corrected chi connectivity index (χ1v) is 8.88. The second-order valence-corrected chi connectivity index (χ2v) is 7.01. The molecule has 4 atom stereocenters. The van der Waals surface area contributed by atoms with E-state index in [1.165, 1.54) is 0 Å². The SMILES string of the molecule is CC(=O)N1C(=O)N(C(C)=O)C2C1N([N+](=O)[O-])C1C(N(C(C)=O)C(=O)N1C(C)=O)N2[N+](=O)[O-]. The van der Waals surface area contributed by atoms with Gasteiger partial charge >= 0.3 is 12.1 Å². The number of nitrogens with zero attached hydrogens (tertiary/aromatic N) is 8. The molecule has 0 bridgehead atoms. The Hall–Kier alpha value is -4.38. The van der Waals surface area contributed by atoms with E-state index < -0.39 is 70.4 Å². The van der Waals surface area contributed by atoms with E-state index in [1.54, 1.807) is 0 Å². The summed E-state index contributed by atoms with van der Waals surface area (Å²) in [5.74, 6) is -4.37. The topological polar surface area (TPSA) is 208 Å². The number of imide groups is 4. The van der Waals surface area contributed by atoms with Gasteiger partial charge in [0.1, 0.15) is 0 Å². The predicted molar refractivity (Wildman–Crippen MR) is 93.7 cm³/mol. The van der Waals surface area contributed by atoms with Gasteiger partial charge in [-0.05, 0) is 0 Å². The number of urea groups is 2. The minimum Gasteiger partial charge on any atom is -0.275 e. The molecule has 4 unspecified atom stereocenters. The molecule has 0 aromatic rings. The van der Waals surface area contributed by atoms with Crippen molar-refractivity contribution in [2.45, 2.75) is 52.4 Å². The van der Waals surface area contributed by atoms with Crippen molar-refractivity contribution < 1.29 is 38.8 Å². The molecule has 18 nitrogen and oxygen atoms in total. The van der Waals surface area contributed by atoms with Gasteiger partial charge in [-0.1, -0.05) is 10.0 Å². The normalized spacial score (nSPS) is 26.9. The fraction of sp³-hybridized carbons (Fsp3) is 0.571. The summed E-state index contributed by atoms with van der Waals surface area (Å²) in [4.78, 5) is 99.4. The summed E-state index contributed by atoms with van der Waals surface area (Å²) < 4.78 is 0.